The molecule has 2 aliphatic heterocycles. The number of esters is 1. The number of carbonyl (C=O) groups excluding carboxylic acids is 2. The second-order valence-electron chi connectivity index (χ2n) is 10.9. The van der Waals surface area contributed by atoms with Crippen molar-refractivity contribution in [2.45, 2.75) is 17.9 Å². The fourth-order valence-electron chi connectivity index (χ4n) is 5.63. The summed E-state index contributed by atoms with van der Waals surface area (Å²) in [6.45, 7) is 3.90. The highest BCUT2D eigenvalue weighted by Gasteiger charge is 2.35. The summed E-state index contributed by atoms with van der Waals surface area (Å²) >= 11 is 2.85. The van der Waals surface area contributed by atoms with Gasteiger partial charge in [0.2, 0.25) is 0 Å². The van der Waals surface area contributed by atoms with E-state index in [0.29, 0.717) is 64.0 Å². The molecule has 1 fully saturated rings. The summed E-state index contributed by atoms with van der Waals surface area (Å²) in [6.07, 6.45) is 3.76. The molecule has 0 unspecified atom stereocenters. The first-order valence-corrected chi connectivity index (χ1v) is 17.5. The average molecular weight is 686 g/mol. The van der Waals surface area contributed by atoms with Crippen LogP contribution in [0.4, 0.5) is 0 Å². The Morgan fingerprint density at radius 3 is 2.48 bits per heavy atom. The standard InChI is InChI=1S/C36H35N3O7S2/c1-4-45-35(42)31-32(24-8-6-5-7-9-24)37-36-39(33(31)25-11-13-26(47-3)14-12-25)34(41)29(48-36)21-23-10-15-27(28(20-23)43-2)46-22-30(40)38-16-18-44-19-17-38/h5-15,20-21,33H,4,16-19,22H2,1-3H3/b29-21+/t33-/m0/s1. The topological polar surface area (TPSA) is 109 Å². The summed E-state index contributed by atoms with van der Waals surface area (Å²) in [5.41, 5.74) is 2.68. The van der Waals surface area contributed by atoms with Crippen LogP contribution in [0, 0.1) is 0 Å². The highest BCUT2D eigenvalue weighted by Crippen LogP contribution is 2.36. The van der Waals surface area contributed by atoms with Gasteiger partial charge >= 0.3 is 5.97 Å². The van der Waals surface area contributed by atoms with Gasteiger partial charge in [0.1, 0.15) is 0 Å². The normalized spacial score (nSPS) is 16.3. The number of morpholine rings is 1. The number of thioether (sulfide) groups is 1. The molecule has 0 aliphatic carbocycles. The molecule has 0 bridgehead atoms. The van der Waals surface area contributed by atoms with Crippen LogP contribution in [-0.2, 0) is 19.1 Å². The second-order valence-corrected chi connectivity index (χ2v) is 12.8. The maximum absolute atomic E-state index is 14.2. The lowest BCUT2D eigenvalue weighted by molar-refractivity contribution is -0.139. The van der Waals surface area contributed by atoms with E-state index in [1.54, 1.807) is 52.4 Å². The molecular weight excluding hydrogens is 651 g/mol. The molecule has 1 amide bonds. The molecule has 1 atom stereocenters. The van der Waals surface area contributed by atoms with Crippen LogP contribution in [0.25, 0.3) is 11.8 Å². The van der Waals surface area contributed by atoms with Crippen LogP contribution in [0.3, 0.4) is 0 Å². The first-order chi connectivity index (χ1) is 23.4. The molecule has 6 rings (SSSR count). The molecule has 0 saturated carbocycles. The van der Waals surface area contributed by atoms with Gasteiger partial charge in [-0.1, -0.05) is 59.9 Å². The predicted octanol–water partition coefficient (Wildman–Crippen LogP) is 3.90. The minimum absolute atomic E-state index is 0.125. The molecule has 1 aromatic heterocycles. The molecule has 0 N–H and O–H groups in total. The van der Waals surface area contributed by atoms with Crippen LogP contribution >= 0.6 is 23.1 Å². The van der Waals surface area contributed by atoms with Crippen molar-refractivity contribution >= 4 is 46.7 Å². The zero-order chi connectivity index (χ0) is 33.6. The highest BCUT2D eigenvalue weighted by molar-refractivity contribution is 7.98. The monoisotopic (exact) mass is 685 g/mol. The van der Waals surface area contributed by atoms with E-state index in [1.165, 1.54) is 18.4 Å². The molecule has 4 aromatic rings. The summed E-state index contributed by atoms with van der Waals surface area (Å²) in [7, 11) is 1.52. The van der Waals surface area contributed by atoms with E-state index in [1.807, 2.05) is 60.9 Å². The van der Waals surface area contributed by atoms with Crippen molar-refractivity contribution < 1.29 is 28.5 Å². The number of methoxy groups -OCH3 is 1. The Labute approximate surface area is 285 Å². The van der Waals surface area contributed by atoms with Crippen molar-refractivity contribution in [3.05, 3.63) is 115 Å². The molecule has 3 aromatic carbocycles. The molecule has 248 valence electrons. The van der Waals surface area contributed by atoms with Crippen LogP contribution in [-0.4, -0.2) is 74.2 Å². The number of rotatable bonds is 10. The van der Waals surface area contributed by atoms with Crippen molar-refractivity contribution in [2.24, 2.45) is 4.99 Å². The minimum atomic E-state index is -0.761. The number of nitrogens with zero attached hydrogens (tertiary/aromatic N) is 3. The number of hydrogen-bond donors (Lipinski definition) is 0. The molecule has 0 radical (unpaired) electrons. The molecule has 12 heteroatoms. The second kappa shape index (κ2) is 15.1. The van der Waals surface area contributed by atoms with Crippen molar-refractivity contribution in [3.8, 4) is 11.5 Å². The van der Waals surface area contributed by atoms with E-state index in [-0.39, 0.29) is 24.7 Å². The van der Waals surface area contributed by atoms with Crippen molar-refractivity contribution in [2.75, 3.05) is 52.9 Å². The first kappa shape index (κ1) is 33.3. The Morgan fingerprint density at radius 2 is 1.79 bits per heavy atom. The van der Waals surface area contributed by atoms with Gasteiger partial charge in [0.05, 0.1) is 48.8 Å². The van der Waals surface area contributed by atoms with Gasteiger partial charge in [-0.3, -0.25) is 14.2 Å². The van der Waals surface area contributed by atoms with Crippen molar-refractivity contribution in [1.29, 1.82) is 0 Å². The summed E-state index contributed by atoms with van der Waals surface area (Å²) in [5.74, 6) is 0.188. The lowest BCUT2D eigenvalue weighted by Crippen LogP contribution is -2.43. The summed E-state index contributed by atoms with van der Waals surface area (Å²) in [4.78, 5) is 48.7. The van der Waals surface area contributed by atoms with Gasteiger partial charge in [-0.15, -0.1) is 11.8 Å². The zero-order valence-electron chi connectivity index (χ0n) is 26.8. The summed E-state index contributed by atoms with van der Waals surface area (Å²) in [5, 5.41) is 0. The fourth-order valence-corrected chi connectivity index (χ4v) is 7.04. The summed E-state index contributed by atoms with van der Waals surface area (Å²) in [6, 6.07) is 21.8. The zero-order valence-corrected chi connectivity index (χ0v) is 28.5. The van der Waals surface area contributed by atoms with Gasteiger partial charge in [-0.2, -0.15) is 0 Å². The van der Waals surface area contributed by atoms with Crippen LogP contribution < -0.4 is 24.4 Å². The third kappa shape index (κ3) is 6.96. The molecule has 48 heavy (non-hydrogen) atoms. The van der Waals surface area contributed by atoms with Gasteiger partial charge in [0.15, 0.2) is 22.9 Å². The summed E-state index contributed by atoms with van der Waals surface area (Å²) < 4.78 is 24.3. The molecule has 2 aliphatic rings. The van der Waals surface area contributed by atoms with E-state index in [0.717, 1.165) is 16.0 Å². The lowest BCUT2D eigenvalue weighted by atomic mass is 9.93. The smallest absolute Gasteiger partial charge is 0.338 e. The molecule has 1 saturated heterocycles. The maximum atomic E-state index is 14.2. The van der Waals surface area contributed by atoms with Crippen LogP contribution in [0.2, 0.25) is 0 Å². The molecule has 3 heterocycles. The maximum Gasteiger partial charge on any atom is 0.338 e. The van der Waals surface area contributed by atoms with Crippen LogP contribution in [0.15, 0.2) is 93.1 Å². The molecule has 10 nitrogen and oxygen atoms in total. The Hall–Kier alpha value is -4.65. The number of hydrogen-bond acceptors (Lipinski definition) is 10. The first-order valence-electron chi connectivity index (χ1n) is 15.5. The van der Waals surface area contributed by atoms with Gasteiger partial charge in [0.25, 0.3) is 11.5 Å². The van der Waals surface area contributed by atoms with Gasteiger partial charge < -0.3 is 23.8 Å². The Morgan fingerprint density at radius 1 is 1.04 bits per heavy atom. The number of fused-ring (bicyclic) bond motifs is 1. The van der Waals surface area contributed by atoms with Gasteiger partial charge in [0, 0.05) is 23.5 Å². The van der Waals surface area contributed by atoms with Gasteiger partial charge in [-0.25, -0.2) is 9.79 Å². The van der Waals surface area contributed by atoms with Crippen molar-refractivity contribution in [1.82, 2.24) is 9.47 Å². The Bertz CT molecular complexity index is 2010. The Balaban J connectivity index is 1.42. The number of ether oxygens (including phenoxy) is 4. The predicted molar refractivity (Wildman–Crippen MR) is 185 cm³/mol. The van der Waals surface area contributed by atoms with E-state index >= 15 is 0 Å². The third-order valence-electron chi connectivity index (χ3n) is 8.01. The number of amides is 1. The number of aromatic nitrogens is 1. The minimum Gasteiger partial charge on any atom is -0.493 e. The largest absolute Gasteiger partial charge is 0.493 e. The van der Waals surface area contributed by atoms with Gasteiger partial charge in [-0.05, 0) is 54.6 Å². The molecular formula is C36H35N3O7S2. The van der Waals surface area contributed by atoms with E-state index < -0.39 is 12.0 Å². The van der Waals surface area contributed by atoms with E-state index in [4.69, 9.17) is 23.9 Å². The number of carbonyl (C=O) groups is 2. The van der Waals surface area contributed by atoms with Crippen LogP contribution in [0.5, 0.6) is 11.5 Å². The Kier molecular flexibility index (Phi) is 10.4. The van der Waals surface area contributed by atoms with E-state index in [9.17, 15) is 14.4 Å². The van der Waals surface area contributed by atoms with Crippen molar-refractivity contribution in [3.63, 3.8) is 0 Å². The molecule has 0 spiro atoms. The lowest BCUT2D eigenvalue weighted by Gasteiger charge is -2.26. The number of benzene rings is 3. The van der Waals surface area contributed by atoms with Crippen LogP contribution in [0.1, 0.15) is 29.7 Å². The highest BCUT2D eigenvalue weighted by atomic mass is 32.2. The van der Waals surface area contributed by atoms with E-state index in [2.05, 4.69) is 0 Å². The SMILES string of the molecule is CCOC(=O)C1=C(c2ccccc2)N=c2s/c(=C/c3ccc(OCC(=O)N4CCOCC4)c(OC)c3)c(=O)n2[C@H]1c1ccc(SC)cc1. The quantitative estimate of drug-likeness (QED) is 0.183. The fraction of sp³-hybridized carbons (Fsp3) is 0.278. The third-order valence-corrected chi connectivity index (χ3v) is 9.73. The number of thiazole rings is 1. The average Bonchev–Trinajstić information content (AvgIpc) is 3.44.